The molecule has 0 saturated heterocycles. The van der Waals surface area contributed by atoms with Crippen LogP contribution in [-0.4, -0.2) is 0 Å². The van der Waals surface area contributed by atoms with Gasteiger partial charge in [0.1, 0.15) is 0 Å². The van der Waals surface area contributed by atoms with Crippen LogP contribution in [0.2, 0.25) is 0 Å². The highest BCUT2D eigenvalue weighted by molar-refractivity contribution is 8.93. The van der Waals surface area contributed by atoms with Gasteiger partial charge in [-0.25, -0.2) is 0 Å². The summed E-state index contributed by atoms with van der Waals surface area (Å²) in [6, 6.07) is 24.2. The Hall–Kier alpha value is -0.840. The molecule has 0 unspecified atom stereocenters. The third kappa shape index (κ3) is 27.2. The van der Waals surface area contributed by atoms with Crippen molar-refractivity contribution in [2.45, 2.75) is 0 Å². The lowest BCUT2D eigenvalue weighted by Crippen LogP contribution is -1.16. The molecule has 0 aliphatic carbocycles. The molecular weight excluding hydrogens is 640 g/mol. The average molecular weight is 667 g/mol. The third-order valence-electron chi connectivity index (χ3n) is 2.55. The Kier molecular flexibility index (Phi) is 31.4. The zero-order valence-corrected chi connectivity index (χ0v) is 25.4. The molecule has 0 radical (unpaired) electrons. The first kappa shape index (κ1) is 33.3. The number of hydrogen-bond donors (Lipinski definition) is 0. The van der Waals surface area contributed by atoms with E-state index in [0.717, 1.165) is 0 Å². The minimum atomic E-state index is 0. The summed E-state index contributed by atoms with van der Waals surface area (Å²) in [5.41, 5.74) is 0. The Morgan fingerprint density at radius 2 is 0.281 bits per heavy atom. The molecular formula is C24H26Br2S6. The average Bonchev–Trinajstić information content (AvgIpc) is 3.69. The summed E-state index contributed by atoms with van der Waals surface area (Å²) in [5.74, 6) is 0. The summed E-state index contributed by atoms with van der Waals surface area (Å²) in [6.07, 6.45) is 0. The first-order valence-corrected chi connectivity index (χ1v) is 14.5. The van der Waals surface area contributed by atoms with Gasteiger partial charge in [-0.1, -0.05) is 72.8 Å². The van der Waals surface area contributed by atoms with Crippen LogP contribution in [0.3, 0.4) is 0 Å². The van der Waals surface area contributed by atoms with Crippen molar-refractivity contribution >= 4 is 102 Å². The first-order chi connectivity index (χ1) is 15.0. The van der Waals surface area contributed by atoms with Gasteiger partial charge in [-0.15, -0.1) is 34.0 Å². The van der Waals surface area contributed by atoms with Crippen LogP contribution in [0.15, 0.2) is 137 Å². The van der Waals surface area contributed by atoms with Crippen LogP contribution in [0, 0.1) is 0 Å². The van der Waals surface area contributed by atoms with Gasteiger partial charge < -0.3 is 0 Å². The molecule has 0 nitrogen and oxygen atoms in total. The molecule has 6 heterocycles. The van der Waals surface area contributed by atoms with Crippen molar-refractivity contribution in [2.75, 3.05) is 0 Å². The number of halogens is 2. The molecule has 0 saturated carbocycles. The SMILES string of the molecule is Br.Br.c1ccsc1.c1ccsc1.c1ccsc1.c1ccsc1.c1ccsc1.c1ccsc1. The van der Waals surface area contributed by atoms with Gasteiger partial charge in [0.05, 0.1) is 0 Å². The number of thiophene rings is 6. The molecule has 0 N–H and O–H groups in total. The molecule has 32 heavy (non-hydrogen) atoms. The van der Waals surface area contributed by atoms with Gasteiger partial charge in [0.2, 0.25) is 0 Å². The van der Waals surface area contributed by atoms with Crippen LogP contribution in [0.25, 0.3) is 0 Å². The highest BCUT2D eigenvalue weighted by Gasteiger charge is 1.61. The maximum atomic E-state index is 2.04. The minimum Gasteiger partial charge on any atom is -0.152 e. The van der Waals surface area contributed by atoms with Crippen molar-refractivity contribution in [3.05, 3.63) is 137 Å². The topological polar surface area (TPSA) is 0 Å². The summed E-state index contributed by atoms with van der Waals surface area (Å²) in [7, 11) is 0. The quantitative estimate of drug-likeness (QED) is 0.151. The minimum absolute atomic E-state index is 0. The van der Waals surface area contributed by atoms with E-state index in [1.165, 1.54) is 0 Å². The smallest absolute Gasteiger partial charge is 0.00934 e. The zero-order valence-electron chi connectivity index (χ0n) is 17.1. The van der Waals surface area contributed by atoms with Crippen molar-refractivity contribution in [3.63, 3.8) is 0 Å². The fourth-order valence-electron chi connectivity index (χ4n) is 1.36. The molecule has 0 aromatic carbocycles. The standard InChI is InChI=1S/6C4H4S.2BrH/c6*1-2-4-5-3-1;;/h6*1-4H;2*1H. The summed E-state index contributed by atoms with van der Waals surface area (Å²) < 4.78 is 0. The fraction of sp³-hybridized carbons (Fsp3) is 0. The Morgan fingerprint density at radius 1 is 0.188 bits per heavy atom. The number of rotatable bonds is 0. The highest BCUT2D eigenvalue weighted by atomic mass is 79.9. The van der Waals surface area contributed by atoms with Gasteiger partial charge in [-0.3, -0.25) is 0 Å². The van der Waals surface area contributed by atoms with E-state index in [9.17, 15) is 0 Å². The van der Waals surface area contributed by atoms with Gasteiger partial charge in [-0.2, -0.15) is 68.0 Å². The van der Waals surface area contributed by atoms with Crippen molar-refractivity contribution in [2.24, 2.45) is 0 Å². The van der Waals surface area contributed by atoms with Crippen molar-refractivity contribution in [1.82, 2.24) is 0 Å². The van der Waals surface area contributed by atoms with Gasteiger partial charge in [0, 0.05) is 0 Å². The molecule has 0 spiro atoms. The van der Waals surface area contributed by atoms with Gasteiger partial charge in [0.25, 0.3) is 0 Å². The Balaban J connectivity index is 0. The van der Waals surface area contributed by atoms with Crippen molar-refractivity contribution < 1.29 is 0 Å². The lowest BCUT2D eigenvalue weighted by Gasteiger charge is -1.39. The van der Waals surface area contributed by atoms with Crippen LogP contribution >= 0.6 is 102 Å². The van der Waals surface area contributed by atoms with Gasteiger partial charge >= 0.3 is 0 Å². The zero-order chi connectivity index (χ0) is 21.2. The highest BCUT2D eigenvalue weighted by Crippen LogP contribution is 1.94. The van der Waals surface area contributed by atoms with Crippen LogP contribution in [0.4, 0.5) is 0 Å². The Bertz CT molecular complexity index is 575. The lowest BCUT2D eigenvalue weighted by molar-refractivity contribution is 2.03. The van der Waals surface area contributed by atoms with Crippen molar-refractivity contribution in [3.8, 4) is 0 Å². The molecule has 0 fully saturated rings. The molecule has 8 heteroatoms. The molecule has 0 aliphatic heterocycles. The van der Waals surface area contributed by atoms with Crippen molar-refractivity contribution in [1.29, 1.82) is 0 Å². The summed E-state index contributed by atoms with van der Waals surface area (Å²) >= 11 is 10.3. The largest absolute Gasteiger partial charge is 0.152 e. The van der Waals surface area contributed by atoms with E-state index >= 15 is 0 Å². The van der Waals surface area contributed by atoms with E-state index in [-0.39, 0.29) is 34.0 Å². The molecule has 0 atom stereocenters. The summed E-state index contributed by atoms with van der Waals surface area (Å²) in [5, 5.41) is 24.5. The van der Waals surface area contributed by atoms with E-state index < -0.39 is 0 Å². The number of hydrogen-bond acceptors (Lipinski definition) is 6. The molecule has 6 aromatic rings. The molecule has 6 aromatic heterocycles. The van der Waals surface area contributed by atoms with Crippen LogP contribution in [0.5, 0.6) is 0 Å². The maximum absolute atomic E-state index is 2.04. The predicted octanol–water partition coefficient (Wildman–Crippen LogP) is 11.6. The molecule has 0 aliphatic rings. The first-order valence-electron chi connectivity index (χ1n) is 8.83. The van der Waals surface area contributed by atoms with E-state index in [4.69, 9.17) is 0 Å². The second-order valence-corrected chi connectivity index (χ2v) is 9.66. The third-order valence-corrected chi connectivity index (χ3v) is 6.32. The van der Waals surface area contributed by atoms with E-state index in [2.05, 4.69) is 0 Å². The van der Waals surface area contributed by atoms with E-state index in [0.29, 0.717) is 0 Å². The maximum Gasteiger partial charge on any atom is -0.00934 e. The Morgan fingerprint density at radius 3 is 0.312 bits per heavy atom. The van der Waals surface area contributed by atoms with Crippen LogP contribution in [-0.2, 0) is 0 Å². The summed E-state index contributed by atoms with van der Waals surface area (Å²) in [6.45, 7) is 0. The second-order valence-electron chi connectivity index (χ2n) is 4.76. The molecule has 0 bridgehead atoms. The second kappa shape index (κ2) is 30.2. The van der Waals surface area contributed by atoms with E-state index in [1.807, 2.05) is 137 Å². The lowest BCUT2D eigenvalue weighted by atomic mass is 10.7. The molecule has 6 rings (SSSR count). The van der Waals surface area contributed by atoms with Gasteiger partial charge in [0.15, 0.2) is 0 Å². The van der Waals surface area contributed by atoms with E-state index in [1.54, 1.807) is 68.0 Å². The Labute approximate surface area is 237 Å². The summed E-state index contributed by atoms with van der Waals surface area (Å²) in [4.78, 5) is 0. The predicted molar refractivity (Wildman–Crippen MR) is 167 cm³/mol. The van der Waals surface area contributed by atoms with Gasteiger partial charge in [-0.05, 0) is 64.6 Å². The monoisotopic (exact) mass is 664 g/mol. The fourth-order valence-corrected chi connectivity index (χ4v) is 4.08. The normalized spacial score (nSPS) is 7.50. The molecule has 0 amide bonds. The molecule has 172 valence electrons. The van der Waals surface area contributed by atoms with Crippen LogP contribution < -0.4 is 0 Å². The van der Waals surface area contributed by atoms with Crippen LogP contribution in [0.1, 0.15) is 0 Å².